The molecule has 5 nitrogen and oxygen atoms in total. The highest BCUT2D eigenvalue weighted by molar-refractivity contribution is 8.06. The van der Waals surface area contributed by atoms with E-state index in [1.165, 1.54) is 36.9 Å². The van der Waals surface area contributed by atoms with Crippen LogP contribution in [0.2, 0.25) is 0 Å². The van der Waals surface area contributed by atoms with Crippen LogP contribution in [0.1, 0.15) is 27.1 Å². The van der Waals surface area contributed by atoms with Gasteiger partial charge < -0.3 is 10.1 Å². The first kappa shape index (κ1) is 15.7. The third kappa shape index (κ3) is 3.89. The second-order valence-electron chi connectivity index (χ2n) is 4.19. The fourth-order valence-corrected chi connectivity index (χ4v) is 5.19. The maximum Gasteiger partial charge on any atom is 0.358 e. The molecule has 0 amide bonds. The number of carbonyl (C=O) groups excluding carboxylic acids is 2. The van der Waals surface area contributed by atoms with Crippen LogP contribution in [0.5, 0.6) is 0 Å². The minimum absolute atomic E-state index is 0.109. The van der Waals surface area contributed by atoms with E-state index in [1.54, 1.807) is 0 Å². The SMILES string of the molecule is COC(=O)c1nc(NCC2CSCCS2)sc1C(C)=O. The van der Waals surface area contributed by atoms with Crippen LogP contribution >= 0.6 is 34.9 Å². The van der Waals surface area contributed by atoms with Crippen LogP contribution in [0.3, 0.4) is 0 Å². The maximum absolute atomic E-state index is 11.6. The summed E-state index contributed by atoms with van der Waals surface area (Å²) in [4.78, 5) is 27.7. The lowest BCUT2D eigenvalue weighted by Gasteiger charge is -2.20. The molecule has 0 bridgehead atoms. The van der Waals surface area contributed by atoms with Crippen molar-refractivity contribution in [2.24, 2.45) is 0 Å². The molecule has 110 valence electrons. The summed E-state index contributed by atoms with van der Waals surface area (Å²) in [5, 5.41) is 4.37. The number of nitrogens with one attached hydrogen (secondary N) is 1. The van der Waals surface area contributed by atoms with Crippen LogP contribution in [-0.4, -0.2) is 52.9 Å². The van der Waals surface area contributed by atoms with Crippen molar-refractivity contribution in [2.75, 3.05) is 36.2 Å². The van der Waals surface area contributed by atoms with Gasteiger partial charge in [0, 0.05) is 36.0 Å². The Hall–Kier alpha value is -0.730. The fourth-order valence-electron chi connectivity index (χ4n) is 1.72. The zero-order valence-electron chi connectivity index (χ0n) is 11.3. The van der Waals surface area contributed by atoms with Gasteiger partial charge in [0.25, 0.3) is 0 Å². The lowest BCUT2D eigenvalue weighted by Crippen LogP contribution is -2.23. The molecule has 1 aromatic rings. The van der Waals surface area contributed by atoms with Gasteiger partial charge in [-0.2, -0.15) is 23.5 Å². The molecule has 0 aliphatic carbocycles. The highest BCUT2D eigenvalue weighted by Crippen LogP contribution is 2.27. The number of methoxy groups -OCH3 is 1. The molecular weight excluding hydrogens is 316 g/mol. The van der Waals surface area contributed by atoms with Gasteiger partial charge in [-0.25, -0.2) is 9.78 Å². The van der Waals surface area contributed by atoms with E-state index in [4.69, 9.17) is 0 Å². The van der Waals surface area contributed by atoms with Crippen molar-refractivity contribution in [2.45, 2.75) is 12.2 Å². The van der Waals surface area contributed by atoms with Gasteiger partial charge in [-0.3, -0.25) is 4.79 Å². The number of nitrogens with zero attached hydrogens (tertiary/aromatic N) is 1. The largest absolute Gasteiger partial charge is 0.464 e. The van der Waals surface area contributed by atoms with Gasteiger partial charge in [0.15, 0.2) is 16.6 Å². The first-order chi connectivity index (χ1) is 9.61. The van der Waals surface area contributed by atoms with Crippen LogP contribution in [0, 0.1) is 0 Å². The summed E-state index contributed by atoms with van der Waals surface area (Å²) in [6.45, 7) is 2.22. The van der Waals surface area contributed by atoms with E-state index in [2.05, 4.69) is 15.0 Å². The number of Topliss-reactive ketones (excluding diaryl/α,β-unsaturated/α-hetero) is 1. The number of carbonyl (C=O) groups is 2. The van der Waals surface area contributed by atoms with Crippen molar-refractivity contribution in [1.82, 2.24) is 4.98 Å². The number of ether oxygens (including phenoxy) is 1. The van der Waals surface area contributed by atoms with E-state index >= 15 is 0 Å². The Labute approximate surface area is 130 Å². The van der Waals surface area contributed by atoms with E-state index in [0.717, 1.165) is 12.3 Å². The Morgan fingerprint density at radius 2 is 2.25 bits per heavy atom. The monoisotopic (exact) mass is 332 g/mol. The molecule has 1 N–H and O–H groups in total. The van der Waals surface area contributed by atoms with Crippen LogP contribution in [0.25, 0.3) is 0 Å². The number of hydrogen-bond acceptors (Lipinski definition) is 8. The number of esters is 1. The molecule has 0 saturated carbocycles. The molecular formula is C12H16N2O3S3. The second-order valence-corrected chi connectivity index (χ2v) is 7.75. The molecule has 0 radical (unpaired) electrons. The number of hydrogen-bond donors (Lipinski definition) is 1. The average molecular weight is 332 g/mol. The van der Waals surface area contributed by atoms with Crippen molar-refractivity contribution in [1.29, 1.82) is 0 Å². The molecule has 1 fully saturated rings. The minimum Gasteiger partial charge on any atom is -0.464 e. The van der Waals surface area contributed by atoms with E-state index in [1.807, 2.05) is 23.5 Å². The van der Waals surface area contributed by atoms with E-state index < -0.39 is 5.97 Å². The van der Waals surface area contributed by atoms with Crippen molar-refractivity contribution in [3.05, 3.63) is 10.6 Å². The summed E-state index contributed by atoms with van der Waals surface area (Å²) in [5.74, 6) is 2.76. The van der Waals surface area contributed by atoms with Gasteiger partial charge in [-0.1, -0.05) is 11.3 Å². The lowest BCUT2D eigenvalue weighted by atomic mass is 10.3. The number of ketones is 1. The van der Waals surface area contributed by atoms with Crippen molar-refractivity contribution < 1.29 is 14.3 Å². The van der Waals surface area contributed by atoms with Gasteiger partial charge in [0.05, 0.1) is 7.11 Å². The molecule has 0 aromatic carbocycles. The predicted octanol–water partition coefficient (Wildman–Crippen LogP) is 2.39. The van der Waals surface area contributed by atoms with Crippen LogP contribution in [0.4, 0.5) is 5.13 Å². The number of thiazole rings is 1. The Kier molecular flexibility index (Phi) is 5.74. The van der Waals surface area contributed by atoms with E-state index in [0.29, 0.717) is 15.3 Å². The number of anilines is 1. The zero-order valence-corrected chi connectivity index (χ0v) is 13.8. The molecule has 1 aliphatic rings. The highest BCUT2D eigenvalue weighted by Gasteiger charge is 2.22. The summed E-state index contributed by atoms with van der Waals surface area (Å²) < 4.78 is 4.65. The smallest absolute Gasteiger partial charge is 0.358 e. The van der Waals surface area contributed by atoms with Crippen molar-refractivity contribution >= 4 is 51.7 Å². The molecule has 20 heavy (non-hydrogen) atoms. The summed E-state index contributed by atoms with van der Waals surface area (Å²) in [6.07, 6.45) is 0. The predicted molar refractivity (Wildman–Crippen MR) is 85.5 cm³/mol. The maximum atomic E-state index is 11.6. The molecule has 1 aliphatic heterocycles. The first-order valence-corrected chi connectivity index (χ1v) is 9.17. The second kappa shape index (κ2) is 7.33. The Balaban J connectivity index is 2.04. The molecule has 1 atom stereocenters. The van der Waals surface area contributed by atoms with E-state index in [-0.39, 0.29) is 11.5 Å². The molecule has 1 aromatic heterocycles. The van der Waals surface area contributed by atoms with Crippen molar-refractivity contribution in [3.8, 4) is 0 Å². The first-order valence-electron chi connectivity index (χ1n) is 6.15. The number of thioether (sulfide) groups is 2. The zero-order chi connectivity index (χ0) is 14.5. The molecule has 1 unspecified atom stereocenters. The topological polar surface area (TPSA) is 68.3 Å². The van der Waals surface area contributed by atoms with Gasteiger partial charge in [0.2, 0.25) is 0 Å². The standard InChI is InChI=1S/C12H16N2O3S3/c1-7(15)10-9(11(16)17-2)14-12(20-10)13-5-8-6-18-3-4-19-8/h8H,3-6H2,1-2H3,(H,13,14). The summed E-state index contributed by atoms with van der Waals surface area (Å²) in [6, 6.07) is 0. The molecule has 0 spiro atoms. The van der Waals surface area contributed by atoms with E-state index in [9.17, 15) is 9.59 Å². The van der Waals surface area contributed by atoms with Crippen LogP contribution in [0.15, 0.2) is 0 Å². The Bertz CT molecular complexity index is 498. The highest BCUT2D eigenvalue weighted by atomic mass is 32.2. The Morgan fingerprint density at radius 3 is 2.85 bits per heavy atom. The number of rotatable bonds is 5. The Morgan fingerprint density at radius 1 is 1.45 bits per heavy atom. The molecule has 8 heteroatoms. The van der Waals surface area contributed by atoms with Gasteiger partial charge >= 0.3 is 5.97 Å². The number of aromatic nitrogens is 1. The summed E-state index contributed by atoms with van der Waals surface area (Å²) in [5.41, 5.74) is 0.109. The van der Waals surface area contributed by atoms with Gasteiger partial charge in [0.1, 0.15) is 4.88 Å². The average Bonchev–Trinajstić information content (AvgIpc) is 2.90. The van der Waals surface area contributed by atoms with Gasteiger partial charge in [-0.05, 0) is 0 Å². The fraction of sp³-hybridized carbons (Fsp3) is 0.583. The summed E-state index contributed by atoms with van der Waals surface area (Å²) in [7, 11) is 1.29. The van der Waals surface area contributed by atoms with Crippen molar-refractivity contribution in [3.63, 3.8) is 0 Å². The van der Waals surface area contributed by atoms with Crippen LogP contribution in [-0.2, 0) is 4.74 Å². The quantitative estimate of drug-likeness (QED) is 0.656. The lowest BCUT2D eigenvalue weighted by molar-refractivity contribution is 0.0591. The van der Waals surface area contributed by atoms with Crippen LogP contribution < -0.4 is 5.32 Å². The molecule has 1 saturated heterocycles. The normalized spacial score (nSPS) is 18.6. The third-order valence-electron chi connectivity index (χ3n) is 2.69. The van der Waals surface area contributed by atoms with Gasteiger partial charge in [-0.15, -0.1) is 0 Å². The minimum atomic E-state index is -0.568. The molecule has 2 heterocycles. The molecule has 2 rings (SSSR count). The third-order valence-corrected chi connectivity index (χ3v) is 6.65. The summed E-state index contributed by atoms with van der Waals surface area (Å²) >= 11 is 5.11.